The molecule has 0 aromatic rings. The largest absolute Gasteiger partial charge is 0.457 e. The minimum Gasteiger partial charge on any atom is -0.457 e. The van der Waals surface area contributed by atoms with Gasteiger partial charge in [-0.25, -0.2) is 4.79 Å². The van der Waals surface area contributed by atoms with Crippen LogP contribution in [0, 0.1) is 5.92 Å². The highest BCUT2D eigenvalue weighted by Crippen LogP contribution is 2.17. The Morgan fingerprint density at radius 2 is 1.57 bits per heavy atom. The van der Waals surface area contributed by atoms with E-state index in [2.05, 4.69) is 20.4 Å². The topological polar surface area (TPSA) is 26.3 Å². The predicted molar refractivity (Wildman–Crippen MR) is 91.4 cm³/mol. The van der Waals surface area contributed by atoms with Crippen LogP contribution < -0.4 is 0 Å². The lowest BCUT2D eigenvalue weighted by Gasteiger charge is -2.20. The second-order valence-electron chi connectivity index (χ2n) is 7.28. The fourth-order valence-electron chi connectivity index (χ4n) is 2.19. The third-order valence-electron chi connectivity index (χ3n) is 3.81. The Hall–Kier alpha value is -0.790. The molecule has 0 aliphatic heterocycles. The first kappa shape index (κ1) is 20.2. The van der Waals surface area contributed by atoms with E-state index in [1.807, 2.05) is 20.8 Å². The van der Waals surface area contributed by atoms with Crippen molar-refractivity contribution in [2.24, 2.45) is 5.92 Å². The summed E-state index contributed by atoms with van der Waals surface area (Å²) in [6, 6.07) is 0. The van der Waals surface area contributed by atoms with Crippen molar-refractivity contribution in [1.82, 2.24) is 0 Å². The van der Waals surface area contributed by atoms with Gasteiger partial charge in [0.15, 0.2) is 0 Å². The Morgan fingerprint density at radius 1 is 1.05 bits per heavy atom. The molecule has 0 spiro atoms. The summed E-state index contributed by atoms with van der Waals surface area (Å²) in [5, 5.41) is 0. The summed E-state index contributed by atoms with van der Waals surface area (Å²) in [5.41, 5.74) is 0.192. The minimum absolute atomic E-state index is 0.240. The molecule has 0 amide bonds. The average Bonchev–Trinajstić information content (AvgIpc) is 2.39. The molecule has 124 valence electrons. The summed E-state index contributed by atoms with van der Waals surface area (Å²) >= 11 is 0. The first-order valence-electron chi connectivity index (χ1n) is 8.67. The van der Waals surface area contributed by atoms with Gasteiger partial charge in [0, 0.05) is 5.57 Å². The van der Waals surface area contributed by atoms with Crippen molar-refractivity contribution in [1.29, 1.82) is 0 Å². The highest BCUT2D eigenvalue weighted by atomic mass is 16.6. The molecule has 1 atom stereocenters. The van der Waals surface area contributed by atoms with Crippen molar-refractivity contribution in [3.63, 3.8) is 0 Å². The van der Waals surface area contributed by atoms with Gasteiger partial charge in [-0.3, -0.25) is 0 Å². The average molecular weight is 296 g/mol. The van der Waals surface area contributed by atoms with Crippen LogP contribution in [0.2, 0.25) is 0 Å². The number of carbonyl (C=O) groups excluding carboxylic acids is 1. The summed E-state index contributed by atoms with van der Waals surface area (Å²) in [5.74, 6) is 0.637. The van der Waals surface area contributed by atoms with Gasteiger partial charge in [-0.1, -0.05) is 65.4 Å². The molecule has 21 heavy (non-hydrogen) atoms. The molecule has 0 aromatic carbocycles. The number of esters is 1. The van der Waals surface area contributed by atoms with Gasteiger partial charge in [-0.15, -0.1) is 0 Å². The highest BCUT2D eigenvalue weighted by molar-refractivity contribution is 5.87. The van der Waals surface area contributed by atoms with E-state index in [-0.39, 0.29) is 5.97 Å². The zero-order chi connectivity index (χ0) is 16.3. The summed E-state index contributed by atoms with van der Waals surface area (Å²) in [6.45, 7) is 14.1. The van der Waals surface area contributed by atoms with E-state index in [0.29, 0.717) is 5.57 Å². The Kier molecular flexibility index (Phi) is 10.5. The van der Waals surface area contributed by atoms with Gasteiger partial charge in [0.25, 0.3) is 0 Å². The maximum atomic E-state index is 11.7. The summed E-state index contributed by atoms with van der Waals surface area (Å²) in [6.07, 6.45) is 10.9. The van der Waals surface area contributed by atoms with E-state index in [1.54, 1.807) is 0 Å². The molecule has 0 saturated heterocycles. The van der Waals surface area contributed by atoms with Crippen LogP contribution in [0.5, 0.6) is 0 Å². The smallest absolute Gasteiger partial charge is 0.333 e. The van der Waals surface area contributed by atoms with Crippen molar-refractivity contribution in [3.05, 3.63) is 12.2 Å². The normalized spacial score (nSPS) is 13.0. The molecule has 0 radical (unpaired) electrons. The molecule has 0 N–H and O–H groups in total. The van der Waals surface area contributed by atoms with Crippen LogP contribution in [-0.4, -0.2) is 11.6 Å². The number of hydrogen-bond donors (Lipinski definition) is 0. The molecular weight excluding hydrogens is 260 g/mol. The SMILES string of the molecule is C=C(CCCCCCCCC(C)CC)C(=O)OC(C)(C)C. The van der Waals surface area contributed by atoms with Crippen molar-refractivity contribution >= 4 is 5.97 Å². The van der Waals surface area contributed by atoms with E-state index < -0.39 is 5.60 Å². The van der Waals surface area contributed by atoms with Gasteiger partial charge in [0.05, 0.1) is 0 Å². The molecule has 0 fully saturated rings. The second kappa shape index (κ2) is 10.9. The Balaban J connectivity index is 3.50. The zero-order valence-electron chi connectivity index (χ0n) is 15.0. The van der Waals surface area contributed by atoms with Crippen molar-refractivity contribution in [2.45, 2.75) is 98.0 Å². The molecular formula is C19H36O2. The van der Waals surface area contributed by atoms with Crippen LogP contribution in [0.15, 0.2) is 12.2 Å². The third-order valence-corrected chi connectivity index (χ3v) is 3.81. The number of rotatable bonds is 11. The van der Waals surface area contributed by atoms with E-state index in [9.17, 15) is 4.79 Å². The molecule has 0 bridgehead atoms. The molecule has 0 heterocycles. The molecule has 0 aliphatic rings. The fraction of sp³-hybridized carbons (Fsp3) is 0.842. The number of unbranched alkanes of at least 4 members (excludes halogenated alkanes) is 5. The Bertz CT molecular complexity index is 299. The lowest BCUT2D eigenvalue weighted by molar-refractivity contribution is -0.150. The van der Waals surface area contributed by atoms with E-state index in [1.165, 1.54) is 44.9 Å². The van der Waals surface area contributed by atoms with Crippen LogP contribution in [0.25, 0.3) is 0 Å². The van der Waals surface area contributed by atoms with Gasteiger partial charge in [0.2, 0.25) is 0 Å². The lowest BCUT2D eigenvalue weighted by Crippen LogP contribution is -2.24. The molecule has 0 aromatic heterocycles. The van der Waals surface area contributed by atoms with Gasteiger partial charge >= 0.3 is 5.97 Å². The maximum Gasteiger partial charge on any atom is 0.333 e. The predicted octanol–water partition coefficient (Wildman–Crippen LogP) is 6.05. The monoisotopic (exact) mass is 296 g/mol. The van der Waals surface area contributed by atoms with Gasteiger partial charge in [0.1, 0.15) is 5.60 Å². The van der Waals surface area contributed by atoms with Gasteiger partial charge in [-0.2, -0.15) is 0 Å². The third kappa shape index (κ3) is 12.6. The van der Waals surface area contributed by atoms with Crippen LogP contribution in [0.1, 0.15) is 92.4 Å². The molecule has 2 nitrogen and oxygen atoms in total. The number of hydrogen-bond acceptors (Lipinski definition) is 2. The zero-order valence-corrected chi connectivity index (χ0v) is 15.0. The fourth-order valence-corrected chi connectivity index (χ4v) is 2.19. The highest BCUT2D eigenvalue weighted by Gasteiger charge is 2.18. The maximum absolute atomic E-state index is 11.7. The Morgan fingerprint density at radius 3 is 2.10 bits per heavy atom. The summed E-state index contributed by atoms with van der Waals surface area (Å²) < 4.78 is 5.30. The van der Waals surface area contributed by atoms with Crippen molar-refractivity contribution in [3.8, 4) is 0 Å². The number of carbonyl (C=O) groups is 1. The van der Waals surface area contributed by atoms with E-state index >= 15 is 0 Å². The first-order valence-corrected chi connectivity index (χ1v) is 8.67. The molecule has 1 unspecified atom stereocenters. The lowest BCUT2D eigenvalue weighted by atomic mass is 9.99. The van der Waals surface area contributed by atoms with Crippen molar-refractivity contribution in [2.75, 3.05) is 0 Å². The van der Waals surface area contributed by atoms with E-state index in [4.69, 9.17) is 4.74 Å². The number of ether oxygens (including phenoxy) is 1. The summed E-state index contributed by atoms with van der Waals surface area (Å²) in [7, 11) is 0. The van der Waals surface area contributed by atoms with Gasteiger partial charge in [-0.05, 0) is 39.5 Å². The van der Waals surface area contributed by atoms with Crippen LogP contribution in [0.4, 0.5) is 0 Å². The second-order valence-corrected chi connectivity index (χ2v) is 7.28. The van der Waals surface area contributed by atoms with E-state index in [0.717, 1.165) is 18.8 Å². The molecule has 0 saturated carbocycles. The molecule has 0 aliphatic carbocycles. The van der Waals surface area contributed by atoms with Gasteiger partial charge < -0.3 is 4.74 Å². The molecule has 0 rings (SSSR count). The quantitative estimate of drug-likeness (QED) is 0.263. The summed E-state index contributed by atoms with van der Waals surface area (Å²) in [4.78, 5) is 11.7. The van der Waals surface area contributed by atoms with Crippen LogP contribution >= 0.6 is 0 Å². The van der Waals surface area contributed by atoms with Crippen molar-refractivity contribution < 1.29 is 9.53 Å². The van der Waals surface area contributed by atoms with Crippen LogP contribution in [0.3, 0.4) is 0 Å². The molecule has 2 heteroatoms. The minimum atomic E-state index is -0.421. The Labute approximate surface area is 132 Å². The first-order chi connectivity index (χ1) is 9.76. The van der Waals surface area contributed by atoms with Crippen LogP contribution in [-0.2, 0) is 9.53 Å². The standard InChI is InChI=1S/C19H36O2/c1-7-16(2)14-12-10-8-9-11-13-15-17(3)18(20)21-19(4,5)6/h16H,3,7-15H2,1-2,4-6H3.